The maximum absolute atomic E-state index is 12.1. The van der Waals surface area contributed by atoms with Gasteiger partial charge in [-0.3, -0.25) is 9.59 Å². The van der Waals surface area contributed by atoms with E-state index in [1.54, 1.807) is 0 Å². The second-order valence-corrected chi connectivity index (χ2v) is 6.28. The van der Waals surface area contributed by atoms with Crippen LogP contribution in [0.5, 0.6) is 0 Å². The summed E-state index contributed by atoms with van der Waals surface area (Å²) in [6.07, 6.45) is 2.26. The van der Waals surface area contributed by atoms with Crippen LogP contribution in [-0.4, -0.2) is 24.4 Å². The van der Waals surface area contributed by atoms with Crippen molar-refractivity contribution in [3.63, 3.8) is 0 Å². The third-order valence-corrected chi connectivity index (χ3v) is 4.01. The number of hydrogen-bond acceptors (Lipinski definition) is 3. The summed E-state index contributed by atoms with van der Waals surface area (Å²) in [5.74, 6) is 0.0875. The average molecular weight is 340 g/mol. The molecule has 0 bridgehead atoms. The average Bonchev–Trinajstić information content (AvgIpc) is 3.35. The van der Waals surface area contributed by atoms with Gasteiger partial charge in [0.25, 0.3) is 0 Å². The van der Waals surface area contributed by atoms with E-state index in [1.165, 1.54) is 0 Å². The topological polar surface area (TPSA) is 84.2 Å². The van der Waals surface area contributed by atoms with E-state index in [0.717, 1.165) is 18.4 Å². The molecule has 1 aliphatic rings. The van der Waals surface area contributed by atoms with Crippen molar-refractivity contribution < 1.29 is 9.59 Å². The van der Waals surface area contributed by atoms with Crippen LogP contribution in [0.25, 0.3) is 0 Å². The van der Waals surface area contributed by atoms with E-state index in [0.29, 0.717) is 5.92 Å². The van der Waals surface area contributed by atoms with Crippen molar-refractivity contribution in [1.29, 1.82) is 0 Å². The zero-order valence-electron chi connectivity index (χ0n) is 13.6. The summed E-state index contributed by atoms with van der Waals surface area (Å²) in [7, 11) is 0. The smallest absolute Gasteiger partial charge is 0.239 e. The van der Waals surface area contributed by atoms with E-state index < -0.39 is 6.04 Å². The molecule has 2 atom stereocenters. The molecule has 128 valence electrons. The molecule has 23 heavy (non-hydrogen) atoms. The molecule has 1 aliphatic carbocycles. The summed E-state index contributed by atoms with van der Waals surface area (Å²) in [6.45, 7) is 3.72. The van der Waals surface area contributed by atoms with Crippen molar-refractivity contribution >= 4 is 24.2 Å². The zero-order chi connectivity index (χ0) is 16.1. The molecule has 0 spiro atoms. The van der Waals surface area contributed by atoms with Gasteiger partial charge < -0.3 is 16.4 Å². The lowest BCUT2D eigenvalue weighted by molar-refractivity contribution is -0.127. The minimum atomic E-state index is -0.582. The highest BCUT2D eigenvalue weighted by Crippen LogP contribution is 2.40. The van der Waals surface area contributed by atoms with Crippen molar-refractivity contribution in [2.75, 3.05) is 6.54 Å². The molecule has 0 heterocycles. The van der Waals surface area contributed by atoms with Gasteiger partial charge in [0.2, 0.25) is 11.8 Å². The molecule has 5 nitrogen and oxygen atoms in total. The molecule has 0 aliphatic heterocycles. The number of carbonyl (C=O) groups excluding carboxylic acids is 2. The van der Waals surface area contributed by atoms with Crippen LogP contribution >= 0.6 is 12.4 Å². The minimum Gasteiger partial charge on any atom is -0.347 e. The number of nitrogens with one attached hydrogen (secondary N) is 2. The number of amides is 2. The third-order valence-electron chi connectivity index (χ3n) is 4.01. The molecule has 1 fully saturated rings. The van der Waals surface area contributed by atoms with Crippen LogP contribution in [0.2, 0.25) is 0 Å². The van der Waals surface area contributed by atoms with Gasteiger partial charge in [0.15, 0.2) is 0 Å². The van der Waals surface area contributed by atoms with Crippen molar-refractivity contribution in [3.8, 4) is 0 Å². The summed E-state index contributed by atoms with van der Waals surface area (Å²) in [4.78, 5) is 23.9. The first-order valence-corrected chi connectivity index (χ1v) is 7.86. The van der Waals surface area contributed by atoms with E-state index >= 15 is 0 Å². The molecule has 2 rings (SSSR count). The monoisotopic (exact) mass is 339 g/mol. The van der Waals surface area contributed by atoms with Crippen LogP contribution in [-0.2, 0) is 9.59 Å². The molecule has 1 aromatic carbocycles. The maximum atomic E-state index is 12.1. The fourth-order valence-corrected chi connectivity index (χ4v) is 2.38. The van der Waals surface area contributed by atoms with Gasteiger partial charge in [0, 0.05) is 0 Å². The molecule has 1 unspecified atom stereocenters. The number of nitrogens with two attached hydrogens (primary N) is 1. The quantitative estimate of drug-likeness (QED) is 0.708. The van der Waals surface area contributed by atoms with E-state index in [9.17, 15) is 9.59 Å². The Hall–Kier alpha value is -1.59. The van der Waals surface area contributed by atoms with Crippen molar-refractivity contribution in [3.05, 3.63) is 35.9 Å². The number of hydrogen-bond donors (Lipinski definition) is 3. The SMILES string of the molecule is CC(C)[C@H](N)C(=O)NCC(=O)NC(c1ccccc1)C1CC1.Cl. The maximum Gasteiger partial charge on any atom is 0.239 e. The standard InChI is InChI=1S/C17H25N3O2.ClH/c1-11(2)15(18)17(22)19-10-14(21)20-16(13-8-9-13)12-6-4-3-5-7-12;/h3-7,11,13,15-16H,8-10,18H2,1-2H3,(H,19,22)(H,20,21);1H/t15-,16?;/m0./s1. The Morgan fingerprint density at radius 2 is 1.83 bits per heavy atom. The fourth-order valence-electron chi connectivity index (χ4n) is 2.38. The molecule has 1 aromatic rings. The molecule has 1 saturated carbocycles. The number of rotatable bonds is 7. The van der Waals surface area contributed by atoms with Gasteiger partial charge in [-0.25, -0.2) is 0 Å². The summed E-state index contributed by atoms with van der Waals surface area (Å²) in [6, 6.07) is 9.40. The highest BCUT2D eigenvalue weighted by Gasteiger charge is 2.33. The fraction of sp³-hybridized carbons (Fsp3) is 0.529. The van der Waals surface area contributed by atoms with Gasteiger partial charge in [0.05, 0.1) is 18.6 Å². The molecule has 6 heteroatoms. The first-order valence-electron chi connectivity index (χ1n) is 7.86. The van der Waals surface area contributed by atoms with E-state index in [-0.39, 0.29) is 42.7 Å². The van der Waals surface area contributed by atoms with Crippen LogP contribution in [0.1, 0.15) is 38.3 Å². The molecular formula is C17H26ClN3O2. The van der Waals surface area contributed by atoms with E-state index in [2.05, 4.69) is 10.6 Å². The lowest BCUT2D eigenvalue weighted by Gasteiger charge is -2.20. The zero-order valence-corrected chi connectivity index (χ0v) is 14.4. The van der Waals surface area contributed by atoms with Crippen molar-refractivity contribution in [2.45, 2.75) is 38.8 Å². The Morgan fingerprint density at radius 1 is 1.22 bits per heavy atom. The largest absolute Gasteiger partial charge is 0.347 e. The van der Waals surface area contributed by atoms with Crippen LogP contribution in [0.15, 0.2) is 30.3 Å². The second-order valence-electron chi connectivity index (χ2n) is 6.28. The summed E-state index contributed by atoms with van der Waals surface area (Å²) >= 11 is 0. The van der Waals surface area contributed by atoms with Gasteiger partial charge in [-0.05, 0) is 30.2 Å². The van der Waals surface area contributed by atoms with Crippen LogP contribution < -0.4 is 16.4 Å². The van der Waals surface area contributed by atoms with Crippen molar-refractivity contribution in [1.82, 2.24) is 10.6 Å². The van der Waals surface area contributed by atoms with Crippen molar-refractivity contribution in [2.24, 2.45) is 17.6 Å². The lowest BCUT2D eigenvalue weighted by atomic mass is 10.0. The highest BCUT2D eigenvalue weighted by molar-refractivity contribution is 5.87. The highest BCUT2D eigenvalue weighted by atomic mass is 35.5. The molecule has 4 N–H and O–H groups in total. The number of halogens is 1. The lowest BCUT2D eigenvalue weighted by Crippen LogP contribution is -2.47. The predicted octanol–water partition coefficient (Wildman–Crippen LogP) is 1.78. The first-order chi connectivity index (χ1) is 10.5. The summed E-state index contributed by atoms with van der Waals surface area (Å²) in [5, 5.41) is 5.63. The van der Waals surface area contributed by atoms with Gasteiger partial charge in [0.1, 0.15) is 0 Å². The second kappa shape index (κ2) is 8.89. The van der Waals surface area contributed by atoms with E-state index in [4.69, 9.17) is 5.73 Å². The Labute approximate surface area is 143 Å². The predicted molar refractivity (Wildman–Crippen MR) is 93.1 cm³/mol. The minimum absolute atomic E-state index is 0. The molecule has 0 saturated heterocycles. The Morgan fingerprint density at radius 3 is 2.35 bits per heavy atom. The molecular weight excluding hydrogens is 314 g/mol. The van der Waals surface area contributed by atoms with Gasteiger partial charge in [-0.2, -0.15) is 0 Å². The number of carbonyl (C=O) groups is 2. The third kappa shape index (κ3) is 5.84. The normalized spacial score (nSPS) is 16.2. The first kappa shape index (κ1) is 19.5. The Kier molecular flexibility index (Phi) is 7.52. The Bertz CT molecular complexity index is 518. The molecule has 0 aromatic heterocycles. The summed E-state index contributed by atoms with van der Waals surface area (Å²) in [5.41, 5.74) is 6.87. The van der Waals surface area contributed by atoms with Crippen LogP contribution in [0.4, 0.5) is 0 Å². The van der Waals surface area contributed by atoms with Crippen LogP contribution in [0.3, 0.4) is 0 Å². The molecule has 2 amide bonds. The molecule has 0 radical (unpaired) electrons. The summed E-state index contributed by atoms with van der Waals surface area (Å²) < 4.78 is 0. The van der Waals surface area contributed by atoms with E-state index in [1.807, 2.05) is 44.2 Å². The Balaban J connectivity index is 0.00000264. The van der Waals surface area contributed by atoms with Gasteiger partial charge in [-0.15, -0.1) is 12.4 Å². The van der Waals surface area contributed by atoms with Gasteiger partial charge >= 0.3 is 0 Å². The number of benzene rings is 1. The van der Waals surface area contributed by atoms with Crippen LogP contribution in [0, 0.1) is 11.8 Å². The van der Waals surface area contributed by atoms with Gasteiger partial charge in [-0.1, -0.05) is 44.2 Å².